The maximum Gasteiger partial charge on any atom is 0.273 e. The van der Waals surface area contributed by atoms with Crippen LogP contribution in [0.1, 0.15) is 29.3 Å². The third kappa shape index (κ3) is 3.58. The van der Waals surface area contributed by atoms with Crippen molar-refractivity contribution in [1.82, 2.24) is 5.32 Å². The van der Waals surface area contributed by atoms with Gasteiger partial charge in [-0.3, -0.25) is 14.9 Å². The average molecular weight is 408 g/mol. The minimum atomic E-state index is -0.478. The highest BCUT2D eigenvalue weighted by Crippen LogP contribution is 2.23. The largest absolute Gasteiger partial charge is 0.345 e. The quantitative estimate of drug-likeness (QED) is 0.445. The van der Waals surface area contributed by atoms with Crippen molar-refractivity contribution in [2.45, 2.75) is 25.8 Å². The minimum absolute atomic E-state index is 0.0440. The van der Waals surface area contributed by atoms with Crippen LogP contribution in [-0.2, 0) is 0 Å². The number of rotatable bonds is 6. The van der Waals surface area contributed by atoms with Gasteiger partial charge in [-0.25, -0.2) is 0 Å². The summed E-state index contributed by atoms with van der Waals surface area (Å²) in [6.07, 6.45) is 0.739. The molecule has 20 heavy (non-hydrogen) atoms. The van der Waals surface area contributed by atoms with Crippen LogP contribution in [0.15, 0.2) is 18.2 Å². The third-order valence-corrected chi connectivity index (χ3v) is 5.46. The summed E-state index contributed by atoms with van der Waals surface area (Å²) in [5, 5.41) is 15.1. The maximum absolute atomic E-state index is 12.4. The highest BCUT2D eigenvalue weighted by Gasteiger charge is 2.29. The number of carbonyl (C=O) groups excluding carboxylic acids is 1. The van der Waals surface area contributed by atoms with Gasteiger partial charge in [-0.15, -0.1) is 0 Å². The van der Waals surface area contributed by atoms with E-state index < -0.39 is 10.5 Å². The molecular formula is C13H16Br2N2O3. The molecule has 0 saturated heterocycles. The number of nitro benzene ring substituents is 1. The number of amides is 1. The first-order valence-corrected chi connectivity index (χ1v) is 8.33. The Morgan fingerprint density at radius 1 is 1.40 bits per heavy atom. The number of benzene rings is 1. The highest BCUT2D eigenvalue weighted by atomic mass is 79.9. The normalized spacial score (nSPS) is 11.2. The molecule has 0 aliphatic heterocycles. The van der Waals surface area contributed by atoms with Crippen LogP contribution in [0.25, 0.3) is 0 Å². The second-order valence-corrected chi connectivity index (χ2v) is 5.68. The number of nitro groups is 1. The van der Waals surface area contributed by atoms with Gasteiger partial charge in [-0.2, -0.15) is 0 Å². The predicted molar refractivity (Wildman–Crippen MR) is 85.9 cm³/mol. The van der Waals surface area contributed by atoms with Crippen molar-refractivity contribution in [2.75, 3.05) is 10.7 Å². The Labute approximate surface area is 134 Å². The lowest BCUT2D eigenvalue weighted by Crippen LogP contribution is -2.51. The Kier molecular flexibility index (Phi) is 6.13. The first-order valence-electron chi connectivity index (χ1n) is 6.09. The standard InChI is InChI=1S/C13H16Br2N2O3/c1-3-13(7-14,8-15)16-12(18)10-5-4-6-11(9(10)2)17(19)20/h4-6H,3,7-8H2,1-2H3,(H,16,18). The fourth-order valence-electron chi connectivity index (χ4n) is 1.76. The van der Waals surface area contributed by atoms with Crippen LogP contribution in [0.3, 0.4) is 0 Å². The van der Waals surface area contributed by atoms with Gasteiger partial charge in [0, 0.05) is 27.9 Å². The lowest BCUT2D eigenvalue weighted by Gasteiger charge is -2.30. The molecule has 0 aliphatic carbocycles. The summed E-state index contributed by atoms with van der Waals surface area (Å²) in [7, 11) is 0. The van der Waals surface area contributed by atoms with Crippen LogP contribution in [0, 0.1) is 17.0 Å². The Hall–Kier alpha value is -0.950. The van der Waals surface area contributed by atoms with Gasteiger partial charge in [0.05, 0.1) is 10.5 Å². The number of nitrogens with zero attached hydrogens (tertiary/aromatic N) is 1. The molecule has 0 unspecified atom stereocenters. The molecule has 1 rings (SSSR count). The molecule has 1 aromatic carbocycles. The molecule has 0 fully saturated rings. The SMILES string of the molecule is CCC(CBr)(CBr)NC(=O)c1cccc([N+](=O)[O-])c1C. The summed E-state index contributed by atoms with van der Waals surface area (Å²) in [6, 6.07) is 4.52. The molecule has 0 radical (unpaired) electrons. The first-order chi connectivity index (χ1) is 9.40. The van der Waals surface area contributed by atoms with E-state index in [9.17, 15) is 14.9 Å². The van der Waals surface area contributed by atoms with E-state index in [-0.39, 0.29) is 11.6 Å². The molecule has 1 aromatic rings. The van der Waals surface area contributed by atoms with E-state index in [1.54, 1.807) is 13.0 Å². The van der Waals surface area contributed by atoms with E-state index in [1.165, 1.54) is 12.1 Å². The fourth-order valence-corrected chi connectivity index (χ4v) is 3.76. The van der Waals surface area contributed by atoms with Gasteiger partial charge in [0.25, 0.3) is 11.6 Å². The summed E-state index contributed by atoms with van der Waals surface area (Å²) in [4.78, 5) is 22.8. The molecule has 0 aliphatic rings. The average Bonchev–Trinajstić information content (AvgIpc) is 2.44. The maximum atomic E-state index is 12.4. The van der Waals surface area contributed by atoms with E-state index >= 15 is 0 Å². The highest BCUT2D eigenvalue weighted by molar-refractivity contribution is 9.09. The fraction of sp³-hybridized carbons (Fsp3) is 0.462. The van der Waals surface area contributed by atoms with Gasteiger partial charge >= 0.3 is 0 Å². The van der Waals surface area contributed by atoms with Crippen LogP contribution < -0.4 is 5.32 Å². The Balaban J connectivity index is 3.10. The predicted octanol–water partition coefficient (Wildman–Crippen LogP) is 3.57. The van der Waals surface area contributed by atoms with Crippen molar-refractivity contribution >= 4 is 43.5 Å². The van der Waals surface area contributed by atoms with Gasteiger partial charge in [0.15, 0.2) is 0 Å². The van der Waals surface area contributed by atoms with E-state index in [2.05, 4.69) is 37.2 Å². The molecule has 0 aromatic heterocycles. The van der Waals surface area contributed by atoms with Crippen LogP contribution in [0.5, 0.6) is 0 Å². The topological polar surface area (TPSA) is 72.2 Å². The van der Waals surface area contributed by atoms with Gasteiger partial charge in [-0.05, 0) is 19.4 Å². The van der Waals surface area contributed by atoms with Crippen LogP contribution in [-0.4, -0.2) is 27.0 Å². The minimum Gasteiger partial charge on any atom is -0.345 e. The summed E-state index contributed by atoms with van der Waals surface area (Å²) in [5.41, 5.74) is 0.259. The van der Waals surface area contributed by atoms with Gasteiger partial charge in [-0.1, -0.05) is 44.8 Å². The zero-order valence-electron chi connectivity index (χ0n) is 11.3. The molecule has 7 heteroatoms. The number of hydrogen-bond donors (Lipinski definition) is 1. The monoisotopic (exact) mass is 406 g/mol. The van der Waals surface area contributed by atoms with Crippen molar-refractivity contribution in [3.05, 3.63) is 39.4 Å². The zero-order valence-corrected chi connectivity index (χ0v) is 14.5. The van der Waals surface area contributed by atoms with E-state index in [4.69, 9.17) is 0 Å². The third-order valence-electron chi connectivity index (χ3n) is 3.31. The molecule has 0 bridgehead atoms. The van der Waals surface area contributed by atoms with E-state index in [1.807, 2.05) is 6.92 Å². The van der Waals surface area contributed by atoms with Crippen molar-refractivity contribution in [1.29, 1.82) is 0 Å². The van der Waals surface area contributed by atoms with E-state index in [0.717, 1.165) is 6.42 Å². The first kappa shape index (κ1) is 17.1. The second kappa shape index (κ2) is 7.17. The Morgan fingerprint density at radius 3 is 2.45 bits per heavy atom. The smallest absolute Gasteiger partial charge is 0.273 e. The number of halogens is 2. The molecule has 0 spiro atoms. The number of hydrogen-bond acceptors (Lipinski definition) is 3. The van der Waals surface area contributed by atoms with Crippen LogP contribution >= 0.6 is 31.9 Å². The zero-order chi connectivity index (χ0) is 15.3. The molecule has 0 atom stereocenters. The lowest BCUT2D eigenvalue weighted by atomic mass is 9.99. The van der Waals surface area contributed by atoms with Crippen molar-refractivity contribution < 1.29 is 9.72 Å². The summed E-state index contributed by atoms with van der Waals surface area (Å²) in [5.74, 6) is -0.299. The van der Waals surface area contributed by atoms with Crippen LogP contribution in [0.2, 0.25) is 0 Å². The van der Waals surface area contributed by atoms with Crippen molar-refractivity contribution in [2.24, 2.45) is 0 Å². The summed E-state index contributed by atoms with van der Waals surface area (Å²) >= 11 is 6.80. The van der Waals surface area contributed by atoms with Gasteiger partial charge in [0.2, 0.25) is 0 Å². The van der Waals surface area contributed by atoms with Crippen molar-refractivity contribution in [3.63, 3.8) is 0 Å². The number of nitrogens with one attached hydrogen (secondary N) is 1. The van der Waals surface area contributed by atoms with Crippen molar-refractivity contribution in [3.8, 4) is 0 Å². The molecule has 1 N–H and O–H groups in total. The Bertz CT molecular complexity index is 508. The number of alkyl halides is 2. The molecule has 5 nitrogen and oxygen atoms in total. The lowest BCUT2D eigenvalue weighted by molar-refractivity contribution is -0.385. The second-order valence-electron chi connectivity index (χ2n) is 4.56. The molecule has 0 saturated carbocycles. The summed E-state index contributed by atoms with van der Waals surface area (Å²) in [6.45, 7) is 3.56. The summed E-state index contributed by atoms with van der Waals surface area (Å²) < 4.78 is 0. The molecule has 1 amide bonds. The van der Waals surface area contributed by atoms with Crippen LogP contribution in [0.4, 0.5) is 5.69 Å². The number of carbonyl (C=O) groups is 1. The molecular weight excluding hydrogens is 392 g/mol. The molecule has 0 heterocycles. The molecule has 110 valence electrons. The van der Waals surface area contributed by atoms with Gasteiger partial charge in [0.1, 0.15) is 0 Å². The Morgan fingerprint density at radius 2 is 2.00 bits per heavy atom. The van der Waals surface area contributed by atoms with E-state index in [0.29, 0.717) is 21.8 Å². The van der Waals surface area contributed by atoms with Gasteiger partial charge < -0.3 is 5.32 Å².